The average molecular weight is 318 g/mol. The van der Waals surface area contributed by atoms with Crippen LogP contribution >= 0.6 is 0 Å². The van der Waals surface area contributed by atoms with Gasteiger partial charge < -0.3 is 20.9 Å². The van der Waals surface area contributed by atoms with E-state index in [-0.39, 0.29) is 24.4 Å². The van der Waals surface area contributed by atoms with Gasteiger partial charge in [-0.15, -0.1) is 0 Å². The minimum atomic E-state index is -0.322. The van der Waals surface area contributed by atoms with Crippen LogP contribution in [0.1, 0.15) is 24.2 Å². The maximum Gasteiger partial charge on any atom is 0.322 e. The van der Waals surface area contributed by atoms with E-state index in [0.717, 1.165) is 0 Å². The number of hydrogen-bond acceptors (Lipinski definition) is 3. The van der Waals surface area contributed by atoms with Gasteiger partial charge in [-0.2, -0.15) is 0 Å². The molecule has 2 rings (SSSR count). The van der Waals surface area contributed by atoms with Crippen molar-refractivity contribution in [2.75, 3.05) is 31.5 Å². The Balaban J connectivity index is 1.90. The van der Waals surface area contributed by atoms with Crippen LogP contribution in [0.4, 0.5) is 10.5 Å². The number of hydrogen-bond donors (Lipinski definition) is 3. The van der Waals surface area contributed by atoms with Crippen LogP contribution in [0.3, 0.4) is 0 Å². The third-order valence-electron chi connectivity index (χ3n) is 3.39. The van der Waals surface area contributed by atoms with Crippen molar-refractivity contribution < 1.29 is 14.4 Å². The van der Waals surface area contributed by atoms with Gasteiger partial charge in [0, 0.05) is 30.9 Å². The summed E-state index contributed by atoms with van der Waals surface area (Å²) in [6, 6.07) is 6.35. The molecule has 1 aromatic rings. The Morgan fingerprint density at radius 1 is 1.26 bits per heavy atom. The second-order valence-electron chi connectivity index (χ2n) is 5.88. The summed E-state index contributed by atoms with van der Waals surface area (Å²) in [5.41, 5.74) is 1.13. The summed E-state index contributed by atoms with van der Waals surface area (Å²) in [5, 5.41) is 8.23. The van der Waals surface area contributed by atoms with Crippen molar-refractivity contribution in [1.29, 1.82) is 0 Å². The number of nitrogens with zero attached hydrogens (tertiary/aromatic N) is 1. The second kappa shape index (κ2) is 7.62. The number of carbonyl (C=O) groups is 3. The normalized spacial score (nSPS) is 14.4. The van der Waals surface area contributed by atoms with Crippen molar-refractivity contribution >= 4 is 23.5 Å². The summed E-state index contributed by atoms with van der Waals surface area (Å²) in [7, 11) is 0. The lowest BCUT2D eigenvalue weighted by atomic mass is 10.1. The SMILES string of the molecule is CC(C)CNC(=O)c1ccc(NC(=O)N2CCNC(=O)C2)cc1. The topological polar surface area (TPSA) is 90.5 Å². The Morgan fingerprint density at radius 3 is 2.57 bits per heavy atom. The highest BCUT2D eigenvalue weighted by Gasteiger charge is 2.21. The molecular weight excluding hydrogens is 296 g/mol. The minimum absolute atomic E-state index is 0.0571. The average Bonchev–Trinajstić information content (AvgIpc) is 2.53. The fraction of sp³-hybridized carbons (Fsp3) is 0.438. The van der Waals surface area contributed by atoms with Gasteiger partial charge >= 0.3 is 6.03 Å². The summed E-state index contributed by atoms with van der Waals surface area (Å²) in [4.78, 5) is 36.7. The summed E-state index contributed by atoms with van der Waals surface area (Å²) >= 11 is 0. The number of nitrogens with one attached hydrogen (secondary N) is 3. The van der Waals surface area contributed by atoms with Crippen LogP contribution in [-0.2, 0) is 4.79 Å². The first-order valence-electron chi connectivity index (χ1n) is 7.66. The molecule has 1 aliphatic heterocycles. The first-order chi connectivity index (χ1) is 11.0. The van der Waals surface area contributed by atoms with Crippen LogP contribution in [0.5, 0.6) is 0 Å². The van der Waals surface area contributed by atoms with Crippen molar-refractivity contribution in [1.82, 2.24) is 15.5 Å². The third kappa shape index (κ3) is 4.98. The monoisotopic (exact) mass is 318 g/mol. The Labute approximate surface area is 135 Å². The molecule has 1 heterocycles. The van der Waals surface area contributed by atoms with E-state index in [9.17, 15) is 14.4 Å². The zero-order valence-electron chi connectivity index (χ0n) is 13.4. The number of piperazine rings is 1. The van der Waals surface area contributed by atoms with E-state index in [1.54, 1.807) is 24.3 Å². The predicted octanol–water partition coefficient (Wildman–Crippen LogP) is 1.04. The van der Waals surface area contributed by atoms with Gasteiger partial charge in [-0.1, -0.05) is 13.8 Å². The highest BCUT2D eigenvalue weighted by molar-refractivity contribution is 5.96. The molecule has 124 valence electrons. The first-order valence-corrected chi connectivity index (χ1v) is 7.66. The number of urea groups is 1. The van der Waals surface area contributed by atoms with Crippen molar-refractivity contribution in [2.45, 2.75) is 13.8 Å². The molecule has 0 unspecified atom stereocenters. The fourth-order valence-corrected chi connectivity index (χ4v) is 2.12. The summed E-state index contributed by atoms with van der Waals surface area (Å²) in [6.07, 6.45) is 0. The molecule has 1 saturated heterocycles. The van der Waals surface area contributed by atoms with Crippen molar-refractivity contribution in [3.63, 3.8) is 0 Å². The molecule has 4 amide bonds. The van der Waals surface area contributed by atoms with Gasteiger partial charge in [-0.25, -0.2) is 4.79 Å². The lowest BCUT2D eigenvalue weighted by Gasteiger charge is -2.26. The lowest BCUT2D eigenvalue weighted by Crippen LogP contribution is -2.51. The summed E-state index contributed by atoms with van der Waals surface area (Å²) in [5.74, 6) is 0.0899. The zero-order valence-corrected chi connectivity index (χ0v) is 13.4. The molecule has 0 aliphatic carbocycles. The van der Waals surface area contributed by atoms with Gasteiger partial charge in [-0.05, 0) is 30.2 Å². The van der Waals surface area contributed by atoms with Crippen molar-refractivity contribution in [3.8, 4) is 0 Å². The van der Waals surface area contributed by atoms with E-state index in [2.05, 4.69) is 16.0 Å². The Hall–Kier alpha value is -2.57. The van der Waals surface area contributed by atoms with E-state index < -0.39 is 0 Å². The molecule has 0 radical (unpaired) electrons. The summed E-state index contributed by atoms with van der Waals surface area (Å²) < 4.78 is 0. The van der Waals surface area contributed by atoms with E-state index in [0.29, 0.717) is 36.8 Å². The molecule has 1 aliphatic rings. The fourth-order valence-electron chi connectivity index (χ4n) is 2.12. The largest absolute Gasteiger partial charge is 0.353 e. The van der Waals surface area contributed by atoms with Gasteiger partial charge in [0.25, 0.3) is 5.91 Å². The molecular formula is C16H22N4O3. The third-order valence-corrected chi connectivity index (χ3v) is 3.39. The number of amides is 4. The maximum atomic E-state index is 12.1. The lowest BCUT2D eigenvalue weighted by molar-refractivity contribution is -0.123. The van der Waals surface area contributed by atoms with Crippen molar-refractivity contribution in [2.24, 2.45) is 5.92 Å². The molecule has 0 saturated carbocycles. The molecule has 7 nitrogen and oxygen atoms in total. The van der Waals surface area contributed by atoms with E-state index in [4.69, 9.17) is 0 Å². The highest BCUT2D eigenvalue weighted by Crippen LogP contribution is 2.11. The standard InChI is InChI=1S/C16H22N4O3/c1-11(2)9-18-15(22)12-3-5-13(6-4-12)19-16(23)20-8-7-17-14(21)10-20/h3-6,11H,7-10H2,1-2H3,(H,17,21)(H,18,22)(H,19,23). The molecule has 3 N–H and O–H groups in total. The Bertz CT molecular complexity index is 583. The number of carbonyl (C=O) groups excluding carboxylic acids is 3. The Morgan fingerprint density at radius 2 is 1.96 bits per heavy atom. The van der Waals surface area contributed by atoms with Crippen LogP contribution < -0.4 is 16.0 Å². The van der Waals surface area contributed by atoms with Crippen LogP contribution in [0.15, 0.2) is 24.3 Å². The maximum absolute atomic E-state index is 12.1. The quantitative estimate of drug-likeness (QED) is 0.774. The molecule has 0 atom stereocenters. The highest BCUT2D eigenvalue weighted by atomic mass is 16.2. The van der Waals surface area contributed by atoms with E-state index >= 15 is 0 Å². The molecule has 1 fully saturated rings. The van der Waals surface area contributed by atoms with Crippen LogP contribution in [0, 0.1) is 5.92 Å². The minimum Gasteiger partial charge on any atom is -0.353 e. The van der Waals surface area contributed by atoms with Gasteiger partial charge in [0.1, 0.15) is 6.54 Å². The predicted molar refractivity (Wildman–Crippen MR) is 87.2 cm³/mol. The van der Waals surface area contributed by atoms with Gasteiger partial charge in [0.2, 0.25) is 5.91 Å². The molecule has 23 heavy (non-hydrogen) atoms. The van der Waals surface area contributed by atoms with Crippen LogP contribution in [0.25, 0.3) is 0 Å². The summed E-state index contributed by atoms with van der Waals surface area (Å²) in [6.45, 7) is 5.67. The van der Waals surface area contributed by atoms with Crippen LogP contribution in [-0.4, -0.2) is 48.9 Å². The first kappa shape index (κ1) is 16.8. The molecule has 7 heteroatoms. The van der Waals surface area contributed by atoms with Gasteiger partial charge in [-0.3, -0.25) is 9.59 Å². The van der Waals surface area contributed by atoms with Gasteiger partial charge in [0.15, 0.2) is 0 Å². The van der Waals surface area contributed by atoms with E-state index in [1.165, 1.54) is 4.90 Å². The number of benzene rings is 1. The molecule has 1 aromatic carbocycles. The second-order valence-corrected chi connectivity index (χ2v) is 5.88. The van der Waals surface area contributed by atoms with E-state index in [1.807, 2.05) is 13.8 Å². The van der Waals surface area contributed by atoms with Gasteiger partial charge in [0.05, 0.1) is 0 Å². The molecule has 0 bridgehead atoms. The molecule has 0 spiro atoms. The Kier molecular flexibility index (Phi) is 5.56. The van der Waals surface area contributed by atoms with Crippen molar-refractivity contribution in [3.05, 3.63) is 29.8 Å². The molecule has 0 aromatic heterocycles. The number of rotatable bonds is 4. The zero-order chi connectivity index (χ0) is 16.8. The van der Waals surface area contributed by atoms with Crippen LogP contribution in [0.2, 0.25) is 0 Å². The smallest absolute Gasteiger partial charge is 0.322 e. The number of anilines is 1.